The Labute approximate surface area is 105 Å². The molecular formula is C11H10F3N3S. The maximum atomic E-state index is 12.5. The van der Waals surface area contributed by atoms with Crippen LogP contribution in [-0.2, 0) is 6.18 Å². The fourth-order valence-corrected chi connectivity index (χ4v) is 2.97. The molecule has 96 valence electrons. The van der Waals surface area contributed by atoms with Crippen LogP contribution in [0.1, 0.15) is 18.5 Å². The molecule has 0 aliphatic carbocycles. The zero-order valence-corrected chi connectivity index (χ0v) is 10.2. The first-order chi connectivity index (χ1) is 8.54. The van der Waals surface area contributed by atoms with Crippen LogP contribution in [0.25, 0.3) is 10.3 Å². The van der Waals surface area contributed by atoms with Crippen molar-refractivity contribution in [1.82, 2.24) is 9.97 Å². The number of anilines is 1. The summed E-state index contributed by atoms with van der Waals surface area (Å²) >= 11 is 1.40. The van der Waals surface area contributed by atoms with Crippen LogP contribution < -0.4 is 4.90 Å². The van der Waals surface area contributed by atoms with E-state index in [1.165, 1.54) is 17.4 Å². The van der Waals surface area contributed by atoms with E-state index in [4.69, 9.17) is 0 Å². The third-order valence-electron chi connectivity index (χ3n) is 2.91. The third kappa shape index (κ3) is 2.03. The summed E-state index contributed by atoms with van der Waals surface area (Å²) in [5.74, 6) is 0. The highest BCUT2D eigenvalue weighted by Crippen LogP contribution is 2.33. The van der Waals surface area contributed by atoms with Gasteiger partial charge in [-0.25, -0.2) is 4.98 Å². The lowest BCUT2D eigenvalue weighted by Crippen LogP contribution is -2.17. The molecule has 1 aliphatic rings. The maximum absolute atomic E-state index is 12.5. The van der Waals surface area contributed by atoms with Crippen molar-refractivity contribution in [2.45, 2.75) is 19.0 Å². The summed E-state index contributed by atoms with van der Waals surface area (Å²) < 4.78 is 38.3. The van der Waals surface area contributed by atoms with Crippen molar-refractivity contribution in [2.24, 2.45) is 0 Å². The summed E-state index contributed by atoms with van der Waals surface area (Å²) in [5, 5.41) is 0.773. The van der Waals surface area contributed by atoms with E-state index in [0.29, 0.717) is 4.70 Å². The van der Waals surface area contributed by atoms with Gasteiger partial charge in [-0.15, -0.1) is 0 Å². The zero-order valence-electron chi connectivity index (χ0n) is 9.37. The molecule has 3 heterocycles. The largest absolute Gasteiger partial charge is 0.433 e. The number of halogens is 3. The van der Waals surface area contributed by atoms with Gasteiger partial charge < -0.3 is 4.90 Å². The van der Waals surface area contributed by atoms with Gasteiger partial charge in [-0.05, 0) is 25.0 Å². The number of thiazole rings is 1. The van der Waals surface area contributed by atoms with E-state index in [-0.39, 0.29) is 5.65 Å². The second-order valence-corrected chi connectivity index (χ2v) is 5.22. The molecule has 0 bridgehead atoms. The summed E-state index contributed by atoms with van der Waals surface area (Å²) in [6, 6.07) is 2.46. The number of rotatable bonds is 1. The Morgan fingerprint density at radius 3 is 2.50 bits per heavy atom. The standard InChI is InChI=1S/C11H10F3N3S/c12-11(13,14)8-4-3-7-9(15-8)16-10(18-7)17-5-1-2-6-17/h3-4H,1-2,5-6H2. The maximum Gasteiger partial charge on any atom is 0.433 e. The van der Waals surface area contributed by atoms with Crippen LogP contribution in [0.15, 0.2) is 12.1 Å². The minimum atomic E-state index is -4.41. The topological polar surface area (TPSA) is 29.0 Å². The van der Waals surface area contributed by atoms with E-state index in [1.54, 1.807) is 0 Å². The molecule has 0 aromatic carbocycles. The van der Waals surface area contributed by atoms with Gasteiger partial charge in [-0.2, -0.15) is 18.2 Å². The highest BCUT2D eigenvalue weighted by atomic mass is 32.1. The Morgan fingerprint density at radius 1 is 1.11 bits per heavy atom. The second kappa shape index (κ2) is 4.08. The van der Waals surface area contributed by atoms with Gasteiger partial charge in [-0.3, -0.25) is 0 Å². The highest BCUT2D eigenvalue weighted by Gasteiger charge is 2.33. The molecule has 1 fully saturated rings. The van der Waals surface area contributed by atoms with E-state index < -0.39 is 11.9 Å². The summed E-state index contributed by atoms with van der Waals surface area (Å²) in [6.45, 7) is 1.85. The van der Waals surface area contributed by atoms with E-state index in [9.17, 15) is 13.2 Å². The first-order valence-corrected chi connectivity index (χ1v) is 6.45. The fraction of sp³-hybridized carbons (Fsp3) is 0.455. The lowest BCUT2D eigenvalue weighted by atomic mass is 10.3. The molecule has 0 atom stereocenters. The Balaban J connectivity index is 2.01. The van der Waals surface area contributed by atoms with Crippen molar-refractivity contribution in [1.29, 1.82) is 0 Å². The number of alkyl halides is 3. The van der Waals surface area contributed by atoms with E-state index in [2.05, 4.69) is 14.9 Å². The predicted molar refractivity (Wildman–Crippen MR) is 63.9 cm³/mol. The SMILES string of the molecule is FC(F)(F)c1ccc2sc(N3CCCC3)nc2n1. The van der Waals surface area contributed by atoms with Crippen LogP contribution >= 0.6 is 11.3 Å². The smallest absolute Gasteiger partial charge is 0.348 e. The molecule has 2 aromatic rings. The molecule has 0 amide bonds. The molecule has 2 aromatic heterocycles. The van der Waals surface area contributed by atoms with Gasteiger partial charge in [0.2, 0.25) is 0 Å². The lowest BCUT2D eigenvalue weighted by molar-refractivity contribution is -0.141. The van der Waals surface area contributed by atoms with Crippen LogP contribution in [0.4, 0.5) is 18.3 Å². The van der Waals surface area contributed by atoms with Crippen molar-refractivity contribution in [3.8, 4) is 0 Å². The van der Waals surface area contributed by atoms with Gasteiger partial charge in [0.25, 0.3) is 0 Å². The van der Waals surface area contributed by atoms with Crippen molar-refractivity contribution in [3.63, 3.8) is 0 Å². The van der Waals surface area contributed by atoms with E-state index >= 15 is 0 Å². The number of nitrogens with zero attached hydrogens (tertiary/aromatic N) is 3. The van der Waals surface area contributed by atoms with Crippen molar-refractivity contribution in [3.05, 3.63) is 17.8 Å². The van der Waals surface area contributed by atoms with Crippen LogP contribution in [0.3, 0.4) is 0 Å². The number of pyridine rings is 1. The Kier molecular flexibility index (Phi) is 2.65. The van der Waals surface area contributed by atoms with E-state index in [1.807, 2.05) is 0 Å². The van der Waals surface area contributed by atoms with Gasteiger partial charge in [0, 0.05) is 13.1 Å². The number of aromatic nitrogens is 2. The zero-order chi connectivity index (χ0) is 12.8. The minimum Gasteiger partial charge on any atom is -0.348 e. The van der Waals surface area contributed by atoms with Gasteiger partial charge >= 0.3 is 6.18 Å². The molecule has 0 saturated carbocycles. The van der Waals surface area contributed by atoms with Gasteiger partial charge in [0.15, 0.2) is 10.8 Å². The van der Waals surface area contributed by atoms with Crippen molar-refractivity contribution >= 4 is 26.8 Å². The first-order valence-electron chi connectivity index (χ1n) is 5.64. The highest BCUT2D eigenvalue weighted by molar-refractivity contribution is 7.22. The number of hydrogen-bond donors (Lipinski definition) is 0. The van der Waals surface area contributed by atoms with Crippen LogP contribution in [0, 0.1) is 0 Å². The number of fused-ring (bicyclic) bond motifs is 1. The fourth-order valence-electron chi connectivity index (χ4n) is 2.01. The quantitative estimate of drug-likeness (QED) is 0.798. The first kappa shape index (κ1) is 11.7. The minimum absolute atomic E-state index is 0.191. The molecule has 7 heteroatoms. The summed E-state index contributed by atoms with van der Waals surface area (Å²) in [4.78, 5) is 9.89. The third-order valence-corrected chi connectivity index (χ3v) is 3.98. The average molecular weight is 273 g/mol. The summed E-state index contributed by atoms with van der Waals surface area (Å²) in [5.41, 5.74) is -0.690. The molecule has 0 spiro atoms. The average Bonchev–Trinajstić information content (AvgIpc) is 2.95. The normalized spacial score (nSPS) is 16.7. The molecule has 0 radical (unpaired) electrons. The number of hydrogen-bond acceptors (Lipinski definition) is 4. The van der Waals surface area contributed by atoms with Gasteiger partial charge in [-0.1, -0.05) is 11.3 Å². The van der Waals surface area contributed by atoms with Crippen LogP contribution in [0.2, 0.25) is 0 Å². The Bertz CT molecular complexity index is 572. The Hall–Kier alpha value is -1.37. The van der Waals surface area contributed by atoms with Crippen molar-refractivity contribution in [2.75, 3.05) is 18.0 Å². The summed E-state index contributed by atoms with van der Waals surface area (Å²) in [6.07, 6.45) is -2.19. The molecule has 18 heavy (non-hydrogen) atoms. The van der Waals surface area contributed by atoms with E-state index in [0.717, 1.165) is 37.1 Å². The second-order valence-electron chi connectivity index (χ2n) is 4.21. The van der Waals surface area contributed by atoms with Gasteiger partial charge in [0.05, 0.1) is 4.70 Å². The molecule has 3 nitrogen and oxygen atoms in total. The van der Waals surface area contributed by atoms with Gasteiger partial charge in [0.1, 0.15) is 5.69 Å². The van der Waals surface area contributed by atoms with Crippen molar-refractivity contribution < 1.29 is 13.2 Å². The molecule has 0 unspecified atom stereocenters. The van der Waals surface area contributed by atoms with Crippen LogP contribution in [-0.4, -0.2) is 23.1 Å². The molecule has 0 N–H and O–H groups in total. The molecular weight excluding hydrogens is 263 g/mol. The predicted octanol–water partition coefficient (Wildman–Crippen LogP) is 3.31. The summed E-state index contributed by atoms with van der Waals surface area (Å²) in [7, 11) is 0. The lowest BCUT2D eigenvalue weighted by Gasteiger charge is -2.11. The molecule has 3 rings (SSSR count). The molecule has 1 aliphatic heterocycles. The monoisotopic (exact) mass is 273 g/mol. The van der Waals surface area contributed by atoms with Crippen LogP contribution in [0.5, 0.6) is 0 Å². The molecule has 1 saturated heterocycles. The Morgan fingerprint density at radius 2 is 1.83 bits per heavy atom.